The Kier molecular flexibility index (Phi) is 7.70. The lowest BCUT2D eigenvalue weighted by molar-refractivity contribution is -0.144. The first-order valence-corrected chi connectivity index (χ1v) is 10.2. The minimum Gasteiger partial charge on any atom is -0.486 e. The summed E-state index contributed by atoms with van der Waals surface area (Å²) in [5.41, 5.74) is 2.50. The average Bonchev–Trinajstić information content (AvgIpc) is 2.81. The van der Waals surface area contributed by atoms with Crippen LogP contribution in [0.25, 0.3) is 6.08 Å². The standard InChI is InChI=1S/C24H25N3O5/c1-27(2)20-6-3-17(4-7-20)13-19(15-25)24(29)32-16-23(28)26-10-9-18-5-8-21-22(14-18)31-12-11-30-21/h3-8,13-14H,9-12,16H2,1-2H3,(H,26,28). The molecule has 1 N–H and O–H groups in total. The van der Waals surface area contributed by atoms with E-state index >= 15 is 0 Å². The SMILES string of the molecule is CN(C)c1ccc(C=C(C#N)C(=O)OCC(=O)NCCc2ccc3c(c2)OCCO3)cc1. The number of anilines is 1. The summed E-state index contributed by atoms with van der Waals surface area (Å²) in [4.78, 5) is 26.1. The van der Waals surface area contributed by atoms with Crippen LogP contribution in [0.4, 0.5) is 5.69 Å². The summed E-state index contributed by atoms with van der Waals surface area (Å²) < 4.78 is 16.0. The highest BCUT2D eigenvalue weighted by molar-refractivity contribution is 5.98. The second kappa shape index (κ2) is 10.9. The molecule has 8 heteroatoms. The molecule has 0 aliphatic carbocycles. The number of carbonyl (C=O) groups excluding carboxylic acids is 2. The van der Waals surface area contributed by atoms with Crippen molar-refractivity contribution >= 4 is 23.6 Å². The van der Waals surface area contributed by atoms with E-state index < -0.39 is 18.5 Å². The minimum atomic E-state index is -0.842. The zero-order chi connectivity index (χ0) is 22.9. The number of benzene rings is 2. The van der Waals surface area contributed by atoms with E-state index in [9.17, 15) is 14.9 Å². The van der Waals surface area contributed by atoms with Crippen LogP contribution in [0.15, 0.2) is 48.0 Å². The smallest absolute Gasteiger partial charge is 0.349 e. The first kappa shape index (κ1) is 22.7. The monoisotopic (exact) mass is 435 g/mol. The number of rotatable bonds is 8. The molecule has 0 spiro atoms. The lowest BCUT2D eigenvalue weighted by atomic mass is 10.1. The molecule has 2 aromatic carbocycles. The fraction of sp³-hybridized carbons (Fsp3) is 0.292. The summed E-state index contributed by atoms with van der Waals surface area (Å²) >= 11 is 0. The maximum absolute atomic E-state index is 12.2. The second-order valence-corrected chi connectivity index (χ2v) is 7.31. The van der Waals surface area contributed by atoms with E-state index in [4.69, 9.17) is 14.2 Å². The van der Waals surface area contributed by atoms with Crippen molar-refractivity contribution in [1.82, 2.24) is 5.32 Å². The van der Waals surface area contributed by atoms with Gasteiger partial charge in [-0.25, -0.2) is 4.79 Å². The van der Waals surface area contributed by atoms with Gasteiger partial charge >= 0.3 is 5.97 Å². The predicted octanol–water partition coefficient (Wildman–Crippen LogP) is 2.33. The van der Waals surface area contributed by atoms with Gasteiger partial charge < -0.3 is 24.4 Å². The number of fused-ring (bicyclic) bond motifs is 1. The van der Waals surface area contributed by atoms with E-state index in [2.05, 4.69) is 5.32 Å². The van der Waals surface area contributed by atoms with Gasteiger partial charge in [-0.15, -0.1) is 0 Å². The molecule has 0 unspecified atom stereocenters. The highest BCUT2D eigenvalue weighted by atomic mass is 16.6. The molecule has 166 valence electrons. The number of nitrogens with zero attached hydrogens (tertiary/aromatic N) is 2. The quantitative estimate of drug-likeness (QED) is 0.386. The van der Waals surface area contributed by atoms with Gasteiger partial charge in [0.15, 0.2) is 18.1 Å². The van der Waals surface area contributed by atoms with Crippen LogP contribution in [0, 0.1) is 11.3 Å². The summed E-state index contributed by atoms with van der Waals surface area (Å²) in [6, 6.07) is 14.8. The third-order valence-electron chi connectivity index (χ3n) is 4.74. The van der Waals surface area contributed by atoms with E-state index in [0.717, 1.165) is 11.3 Å². The average molecular weight is 435 g/mol. The van der Waals surface area contributed by atoms with Crippen LogP contribution in [0.3, 0.4) is 0 Å². The fourth-order valence-electron chi connectivity index (χ4n) is 3.02. The largest absolute Gasteiger partial charge is 0.486 e. The Balaban J connectivity index is 1.45. The molecule has 3 rings (SSSR count). The summed E-state index contributed by atoms with van der Waals surface area (Å²) in [5, 5.41) is 12.0. The number of nitrogens with one attached hydrogen (secondary N) is 1. The van der Waals surface area contributed by atoms with Crippen molar-refractivity contribution in [3.8, 4) is 17.6 Å². The Morgan fingerprint density at radius 1 is 1.12 bits per heavy atom. The van der Waals surface area contributed by atoms with E-state index in [0.29, 0.717) is 43.2 Å². The molecule has 0 radical (unpaired) electrons. The Bertz CT molecular complexity index is 1040. The number of esters is 1. The van der Waals surface area contributed by atoms with Gasteiger partial charge in [-0.3, -0.25) is 4.79 Å². The Hall–Kier alpha value is -3.99. The minimum absolute atomic E-state index is 0.174. The molecular weight excluding hydrogens is 410 g/mol. The number of carbonyl (C=O) groups is 2. The van der Waals surface area contributed by atoms with E-state index in [1.807, 2.05) is 55.4 Å². The van der Waals surface area contributed by atoms with Gasteiger partial charge in [-0.2, -0.15) is 5.26 Å². The molecule has 0 fully saturated rings. The normalized spacial score (nSPS) is 12.5. The van der Waals surface area contributed by atoms with Crippen LogP contribution in [0.2, 0.25) is 0 Å². The zero-order valence-electron chi connectivity index (χ0n) is 18.1. The van der Waals surface area contributed by atoms with Gasteiger partial charge in [-0.05, 0) is 47.9 Å². The van der Waals surface area contributed by atoms with Crippen molar-refractivity contribution < 1.29 is 23.8 Å². The lowest BCUT2D eigenvalue weighted by Gasteiger charge is -2.18. The molecule has 1 heterocycles. The van der Waals surface area contributed by atoms with Crippen molar-refractivity contribution in [2.45, 2.75) is 6.42 Å². The van der Waals surface area contributed by atoms with Gasteiger partial charge in [0.25, 0.3) is 5.91 Å². The molecule has 0 saturated carbocycles. The van der Waals surface area contributed by atoms with Crippen molar-refractivity contribution in [2.24, 2.45) is 0 Å². The molecule has 0 aromatic heterocycles. The van der Waals surface area contributed by atoms with Crippen LogP contribution < -0.4 is 19.7 Å². The van der Waals surface area contributed by atoms with Gasteiger partial charge in [0.05, 0.1) is 0 Å². The topological polar surface area (TPSA) is 101 Å². The Morgan fingerprint density at radius 3 is 2.53 bits per heavy atom. The molecule has 0 atom stereocenters. The summed E-state index contributed by atoms with van der Waals surface area (Å²) in [6.45, 7) is 0.958. The van der Waals surface area contributed by atoms with E-state index in [1.54, 1.807) is 12.1 Å². The number of hydrogen-bond acceptors (Lipinski definition) is 7. The molecular formula is C24H25N3O5. The third kappa shape index (κ3) is 6.25. The van der Waals surface area contributed by atoms with E-state index in [1.165, 1.54) is 6.08 Å². The van der Waals surface area contributed by atoms with Crippen LogP contribution in [-0.2, 0) is 20.7 Å². The van der Waals surface area contributed by atoms with Gasteiger partial charge in [0.1, 0.15) is 24.9 Å². The first-order valence-electron chi connectivity index (χ1n) is 10.2. The molecule has 1 aliphatic heterocycles. The number of ether oxygens (including phenoxy) is 3. The van der Waals surface area contributed by atoms with Crippen molar-refractivity contribution in [3.63, 3.8) is 0 Å². The number of hydrogen-bond donors (Lipinski definition) is 1. The summed E-state index contributed by atoms with van der Waals surface area (Å²) in [5.74, 6) is 0.127. The third-order valence-corrected chi connectivity index (χ3v) is 4.74. The molecule has 0 bridgehead atoms. The molecule has 1 aliphatic rings. The van der Waals surface area contributed by atoms with Crippen LogP contribution in [0.1, 0.15) is 11.1 Å². The summed E-state index contributed by atoms with van der Waals surface area (Å²) in [7, 11) is 3.84. The fourth-order valence-corrected chi connectivity index (χ4v) is 3.02. The van der Waals surface area contributed by atoms with Gasteiger partial charge in [0.2, 0.25) is 0 Å². The van der Waals surface area contributed by atoms with E-state index in [-0.39, 0.29) is 5.57 Å². The molecule has 2 aromatic rings. The number of amides is 1. The van der Waals surface area contributed by atoms with Gasteiger partial charge in [0, 0.05) is 26.3 Å². The zero-order valence-corrected chi connectivity index (χ0v) is 18.1. The number of nitriles is 1. The summed E-state index contributed by atoms with van der Waals surface area (Å²) in [6.07, 6.45) is 2.02. The van der Waals surface area contributed by atoms with Crippen LogP contribution >= 0.6 is 0 Å². The molecule has 1 amide bonds. The van der Waals surface area contributed by atoms with Gasteiger partial charge in [-0.1, -0.05) is 18.2 Å². The second-order valence-electron chi connectivity index (χ2n) is 7.31. The maximum atomic E-state index is 12.2. The maximum Gasteiger partial charge on any atom is 0.349 e. The Labute approximate surface area is 187 Å². The van der Waals surface area contributed by atoms with Crippen molar-refractivity contribution in [2.75, 3.05) is 45.4 Å². The molecule has 8 nitrogen and oxygen atoms in total. The van der Waals surface area contributed by atoms with Crippen molar-refractivity contribution in [1.29, 1.82) is 5.26 Å². The molecule has 0 saturated heterocycles. The van der Waals surface area contributed by atoms with Crippen LogP contribution in [0.5, 0.6) is 11.5 Å². The highest BCUT2D eigenvalue weighted by Gasteiger charge is 2.14. The lowest BCUT2D eigenvalue weighted by Crippen LogP contribution is -2.30. The predicted molar refractivity (Wildman–Crippen MR) is 119 cm³/mol. The highest BCUT2D eigenvalue weighted by Crippen LogP contribution is 2.30. The first-order chi connectivity index (χ1) is 15.5. The van der Waals surface area contributed by atoms with Crippen molar-refractivity contribution in [3.05, 3.63) is 59.2 Å². The molecule has 32 heavy (non-hydrogen) atoms. The van der Waals surface area contributed by atoms with Crippen LogP contribution in [-0.4, -0.2) is 52.3 Å². The Morgan fingerprint density at radius 2 is 1.84 bits per heavy atom.